The van der Waals surface area contributed by atoms with Gasteiger partial charge >= 0.3 is 10.1 Å². The van der Waals surface area contributed by atoms with E-state index < -0.39 is 10.1 Å². The van der Waals surface area contributed by atoms with Crippen LogP contribution in [0.4, 0.5) is 0 Å². The van der Waals surface area contributed by atoms with Gasteiger partial charge in [0, 0.05) is 5.56 Å². The van der Waals surface area contributed by atoms with E-state index in [9.17, 15) is 13.2 Å². The molecule has 0 bridgehead atoms. The molecule has 0 atom stereocenters. The predicted molar refractivity (Wildman–Crippen MR) is 102 cm³/mol. The number of nitrogens with zero attached hydrogens (tertiary/aromatic N) is 1. The van der Waals surface area contributed by atoms with Crippen molar-refractivity contribution in [2.24, 2.45) is 5.10 Å². The summed E-state index contributed by atoms with van der Waals surface area (Å²) in [5.41, 5.74) is 3.60. The zero-order valence-corrected chi connectivity index (χ0v) is 15.0. The fourth-order valence-corrected chi connectivity index (χ4v) is 3.14. The van der Waals surface area contributed by atoms with E-state index in [1.165, 1.54) is 30.5 Å². The first kappa shape index (κ1) is 18.3. The van der Waals surface area contributed by atoms with E-state index in [0.717, 1.165) is 0 Å². The van der Waals surface area contributed by atoms with Crippen LogP contribution in [0.2, 0.25) is 0 Å². The van der Waals surface area contributed by atoms with Gasteiger partial charge < -0.3 is 4.18 Å². The first-order valence-electron chi connectivity index (χ1n) is 8.03. The second-order valence-electron chi connectivity index (χ2n) is 5.48. The minimum atomic E-state index is -3.88. The highest BCUT2D eigenvalue weighted by Crippen LogP contribution is 2.18. The van der Waals surface area contributed by atoms with Crippen molar-refractivity contribution in [3.8, 4) is 5.75 Å². The Morgan fingerprint density at radius 1 is 0.852 bits per heavy atom. The van der Waals surface area contributed by atoms with Crippen LogP contribution in [0.3, 0.4) is 0 Å². The average Bonchev–Trinajstić information content (AvgIpc) is 2.70. The van der Waals surface area contributed by atoms with E-state index in [1.54, 1.807) is 54.6 Å². The van der Waals surface area contributed by atoms with Gasteiger partial charge in [0.1, 0.15) is 10.6 Å². The summed E-state index contributed by atoms with van der Waals surface area (Å²) in [6, 6.07) is 22.9. The van der Waals surface area contributed by atoms with Gasteiger partial charge in [-0.25, -0.2) is 5.43 Å². The number of carbonyl (C=O) groups is 1. The molecule has 1 N–H and O–H groups in total. The molecule has 27 heavy (non-hydrogen) atoms. The Kier molecular flexibility index (Phi) is 5.63. The lowest BCUT2D eigenvalue weighted by Crippen LogP contribution is -2.17. The lowest BCUT2D eigenvalue weighted by atomic mass is 10.2. The summed E-state index contributed by atoms with van der Waals surface area (Å²) in [6.45, 7) is 0. The van der Waals surface area contributed by atoms with Crippen LogP contribution in [0, 0.1) is 0 Å². The van der Waals surface area contributed by atoms with Gasteiger partial charge in [0.05, 0.1) is 6.21 Å². The molecule has 0 aliphatic carbocycles. The van der Waals surface area contributed by atoms with Gasteiger partial charge in [0.15, 0.2) is 0 Å². The maximum absolute atomic E-state index is 12.2. The Hall–Kier alpha value is -3.45. The number of amides is 1. The number of benzene rings is 3. The smallest absolute Gasteiger partial charge is 0.339 e. The number of carbonyl (C=O) groups excluding carboxylic acids is 1. The van der Waals surface area contributed by atoms with Crippen LogP contribution in [0.15, 0.2) is 94.9 Å². The van der Waals surface area contributed by atoms with Crippen LogP contribution in [-0.2, 0) is 10.1 Å². The Morgan fingerprint density at radius 3 is 2.07 bits per heavy atom. The molecule has 0 saturated carbocycles. The van der Waals surface area contributed by atoms with Crippen molar-refractivity contribution in [2.45, 2.75) is 4.90 Å². The highest BCUT2D eigenvalue weighted by atomic mass is 32.2. The number of nitrogens with one attached hydrogen (secondary N) is 1. The molecule has 0 spiro atoms. The molecule has 3 aromatic carbocycles. The third kappa shape index (κ3) is 5.02. The number of rotatable bonds is 6. The van der Waals surface area contributed by atoms with E-state index >= 15 is 0 Å². The molecule has 0 radical (unpaired) electrons. The maximum atomic E-state index is 12.2. The first-order valence-corrected chi connectivity index (χ1v) is 9.43. The molecule has 3 aromatic rings. The van der Waals surface area contributed by atoms with E-state index in [0.29, 0.717) is 11.1 Å². The summed E-state index contributed by atoms with van der Waals surface area (Å²) in [7, 11) is -3.88. The lowest BCUT2D eigenvalue weighted by molar-refractivity contribution is 0.0955. The first-order chi connectivity index (χ1) is 13.0. The van der Waals surface area contributed by atoms with Gasteiger partial charge in [0.2, 0.25) is 0 Å². The highest BCUT2D eigenvalue weighted by Gasteiger charge is 2.15. The minimum Gasteiger partial charge on any atom is -0.379 e. The molecule has 1 amide bonds. The van der Waals surface area contributed by atoms with Gasteiger partial charge in [-0.05, 0) is 54.1 Å². The molecular weight excluding hydrogens is 364 g/mol. The van der Waals surface area contributed by atoms with Crippen molar-refractivity contribution in [2.75, 3.05) is 0 Å². The third-order valence-electron chi connectivity index (χ3n) is 3.53. The molecule has 0 fully saturated rings. The Balaban J connectivity index is 1.61. The zero-order chi connectivity index (χ0) is 19.1. The molecule has 7 heteroatoms. The van der Waals surface area contributed by atoms with Crippen LogP contribution in [0.5, 0.6) is 5.75 Å². The van der Waals surface area contributed by atoms with E-state index in [2.05, 4.69) is 10.5 Å². The van der Waals surface area contributed by atoms with Gasteiger partial charge in [-0.15, -0.1) is 0 Å². The SMILES string of the molecule is O=C(N/N=C/c1ccc(OS(=O)(=O)c2ccccc2)cc1)c1ccccc1. The summed E-state index contributed by atoms with van der Waals surface area (Å²) in [6.07, 6.45) is 1.45. The molecular formula is C20H16N2O4S. The zero-order valence-electron chi connectivity index (χ0n) is 14.1. The molecule has 0 aliphatic rings. The Labute approximate surface area is 157 Å². The highest BCUT2D eigenvalue weighted by molar-refractivity contribution is 7.87. The van der Waals surface area contributed by atoms with Crippen LogP contribution < -0.4 is 9.61 Å². The Morgan fingerprint density at radius 2 is 1.44 bits per heavy atom. The molecule has 0 saturated heterocycles. The fourth-order valence-electron chi connectivity index (χ4n) is 2.19. The summed E-state index contributed by atoms with van der Waals surface area (Å²) in [4.78, 5) is 12.0. The lowest BCUT2D eigenvalue weighted by Gasteiger charge is -2.06. The molecule has 0 heterocycles. The summed E-state index contributed by atoms with van der Waals surface area (Å²) in [5, 5.41) is 3.89. The van der Waals surface area contributed by atoms with Crippen LogP contribution in [0.25, 0.3) is 0 Å². The summed E-state index contributed by atoms with van der Waals surface area (Å²) < 4.78 is 29.4. The van der Waals surface area contributed by atoms with Crippen molar-refractivity contribution >= 4 is 22.2 Å². The van der Waals surface area contributed by atoms with Gasteiger partial charge in [-0.3, -0.25) is 4.79 Å². The quantitative estimate of drug-likeness (QED) is 0.404. The standard InChI is InChI=1S/C20H16N2O4S/c23-20(17-7-3-1-4-8-17)22-21-15-16-11-13-18(14-12-16)26-27(24,25)19-9-5-2-6-10-19/h1-15H,(H,22,23)/b21-15+. The molecule has 6 nitrogen and oxygen atoms in total. The molecule has 136 valence electrons. The van der Waals surface area contributed by atoms with Gasteiger partial charge in [0.25, 0.3) is 5.91 Å². The monoisotopic (exact) mass is 380 g/mol. The summed E-state index contributed by atoms with van der Waals surface area (Å²) >= 11 is 0. The molecule has 0 aliphatic heterocycles. The number of hydrogen-bond acceptors (Lipinski definition) is 5. The van der Waals surface area contributed by atoms with E-state index in [4.69, 9.17) is 4.18 Å². The average molecular weight is 380 g/mol. The molecule has 3 rings (SSSR count). The second kappa shape index (κ2) is 8.29. The Bertz CT molecular complexity index is 1030. The van der Waals surface area contributed by atoms with Crippen LogP contribution >= 0.6 is 0 Å². The van der Waals surface area contributed by atoms with Crippen molar-refractivity contribution in [1.29, 1.82) is 0 Å². The van der Waals surface area contributed by atoms with Crippen molar-refractivity contribution in [1.82, 2.24) is 5.43 Å². The van der Waals surface area contributed by atoms with Crippen molar-refractivity contribution in [3.05, 3.63) is 96.1 Å². The molecule has 0 unspecified atom stereocenters. The van der Waals surface area contributed by atoms with Gasteiger partial charge in [-0.1, -0.05) is 36.4 Å². The topological polar surface area (TPSA) is 84.8 Å². The van der Waals surface area contributed by atoms with Crippen LogP contribution in [0.1, 0.15) is 15.9 Å². The van der Waals surface area contributed by atoms with E-state index in [1.807, 2.05) is 6.07 Å². The van der Waals surface area contributed by atoms with Crippen LogP contribution in [-0.4, -0.2) is 20.5 Å². The molecule has 0 aromatic heterocycles. The minimum absolute atomic E-state index is 0.0827. The fraction of sp³-hybridized carbons (Fsp3) is 0. The van der Waals surface area contributed by atoms with Gasteiger partial charge in [-0.2, -0.15) is 13.5 Å². The van der Waals surface area contributed by atoms with E-state index in [-0.39, 0.29) is 16.6 Å². The predicted octanol–water partition coefficient (Wildman–Crippen LogP) is 3.22. The number of hydrazone groups is 1. The number of hydrogen-bond donors (Lipinski definition) is 1. The second-order valence-corrected chi connectivity index (χ2v) is 7.03. The normalized spacial score (nSPS) is 11.3. The third-order valence-corrected chi connectivity index (χ3v) is 4.79. The summed E-state index contributed by atoms with van der Waals surface area (Å²) in [5.74, 6) is -0.134. The maximum Gasteiger partial charge on any atom is 0.339 e. The largest absolute Gasteiger partial charge is 0.379 e. The van der Waals surface area contributed by atoms with Crippen molar-refractivity contribution < 1.29 is 17.4 Å². The van der Waals surface area contributed by atoms with Crippen molar-refractivity contribution in [3.63, 3.8) is 0 Å².